The number of piperidine rings is 1. The van der Waals surface area contributed by atoms with Crippen molar-refractivity contribution in [3.05, 3.63) is 0 Å². The van der Waals surface area contributed by atoms with Gasteiger partial charge < -0.3 is 14.5 Å². The fraction of sp³-hybridized carbons (Fsp3) is 0.929. The standard InChI is InChI=1S/C14H27N3O2/c1-16(2)8-6-7-14-15-18-12-13(19-14)11-17-9-4-3-5-10-17/h13H,3-12H2,1-2H3. The molecule has 1 unspecified atom stereocenters. The summed E-state index contributed by atoms with van der Waals surface area (Å²) in [5.74, 6) is 0.773. The van der Waals surface area contributed by atoms with Gasteiger partial charge in [0, 0.05) is 13.0 Å². The lowest BCUT2D eigenvalue weighted by Crippen LogP contribution is -2.41. The van der Waals surface area contributed by atoms with Crippen LogP contribution in [0.25, 0.3) is 0 Å². The van der Waals surface area contributed by atoms with E-state index in [2.05, 4.69) is 29.1 Å². The van der Waals surface area contributed by atoms with E-state index in [4.69, 9.17) is 9.57 Å². The van der Waals surface area contributed by atoms with E-state index >= 15 is 0 Å². The molecule has 0 aromatic carbocycles. The van der Waals surface area contributed by atoms with Crippen molar-refractivity contribution in [1.29, 1.82) is 0 Å². The molecular formula is C14H27N3O2. The van der Waals surface area contributed by atoms with Crippen molar-refractivity contribution in [1.82, 2.24) is 9.80 Å². The molecule has 5 heteroatoms. The first-order valence-electron chi connectivity index (χ1n) is 7.46. The maximum atomic E-state index is 5.94. The number of rotatable bonds is 6. The quantitative estimate of drug-likeness (QED) is 0.733. The largest absolute Gasteiger partial charge is 0.470 e. The maximum absolute atomic E-state index is 5.94. The van der Waals surface area contributed by atoms with Crippen LogP contribution in [0.15, 0.2) is 5.16 Å². The van der Waals surface area contributed by atoms with Crippen LogP contribution in [-0.2, 0) is 9.57 Å². The van der Waals surface area contributed by atoms with E-state index < -0.39 is 0 Å². The molecule has 0 N–H and O–H groups in total. The predicted molar refractivity (Wildman–Crippen MR) is 76.3 cm³/mol. The summed E-state index contributed by atoms with van der Waals surface area (Å²) < 4.78 is 5.94. The molecule has 2 aliphatic rings. The van der Waals surface area contributed by atoms with Gasteiger partial charge in [0.1, 0.15) is 6.10 Å². The molecule has 0 aliphatic carbocycles. The van der Waals surface area contributed by atoms with Crippen LogP contribution in [0, 0.1) is 0 Å². The smallest absolute Gasteiger partial charge is 0.226 e. The van der Waals surface area contributed by atoms with Crippen molar-refractivity contribution < 1.29 is 9.57 Å². The average Bonchev–Trinajstić information content (AvgIpc) is 2.40. The average molecular weight is 269 g/mol. The van der Waals surface area contributed by atoms with E-state index in [0.29, 0.717) is 6.61 Å². The zero-order valence-corrected chi connectivity index (χ0v) is 12.3. The summed E-state index contributed by atoms with van der Waals surface area (Å²) in [6.07, 6.45) is 6.09. The molecule has 0 amide bonds. The zero-order chi connectivity index (χ0) is 13.5. The number of ether oxygens (including phenoxy) is 1. The van der Waals surface area contributed by atoms with Gasteiger partial charge in [-0.3, -0.25) is 4.90 Å². The Balaban J connectivity index is 1.68. The Bertz CT molecular complexity index is 288. The van der Waals surface area contributed by atoms with Crippen LogP contribution >= 0.6 is 0 Å². The molecule has 0 aromatic heterocycles. The van der Waals surface area contributed by atoms with E-state index in [1.807, 2.05) is 0 Å². The van der Waals surface area contributed by atoms with Gasteiger partial charge in [-0.2, -0.15) is 0 Å². The third-order valence-corrected chi connectivity index (χ3v) is 3.64. The minimum absolute atomic E-state index is 0.157. The third-order valence-electron chi connectivity index (χ3n) is 3.64. The highest BCUT2D eigenvalue weighted by atomic mass is 16.7. The Labute approximate surface area is 116 Å². The highest BCUT2D eigenvalue weighted by molar-refractivity contribution is 5.75. The number of likely N-dealkylation sites (tertiary alicyclic amines) is 1. The monoisotopic (exact) mass is 269 g/mol. The maximum Gasteiger partial charge on any atom is 0.226 e. The Morgan fingerprint density at radius 3 is 2.79 bits per heavy atom. The molecular weight excluding hydrogens is 242 g/mol. The van der Waals surface area contributed by atoms with Crippen molar-refractivity contribution >= 4 is 5.90 Å². The Morgan fingerprint density at radius 2 is 2.05 bits per heavy atom. The summed E-state index contributed by atoms with van der Waals surface area (Å²) in [4.78, 5) is 9.98. The van der Waals surface area contributed by atoms with E-state index in [0.717, 1.165) is 31.8 Å². The first-order valence-corrected chi connectivity index (χ1v) is 7.46. The van der Waals surface area contributed by atoms with Crippen molar-refractivity contribution in [3.8, 4) is 0 Å². The van der Waals surface area contributed by atoms with Gasteiger partial charge in [0.05, 0.1) is 0 Å². The lowest BCUT2D eigenvalue weighted by Gasteiger charge is -2.31. The third kappa shape index (κ3) is 5.37. The van der Waals surface area contributed by atoms with Crippen LogP contribution in [0.2, 0.25) is 0 Å². The minimum atomic E-state index is 0.157. The molecule has 2 heterocycles. The van der Waals surface area contributed by atoms with Gasteiger partial charge in [-0.05, 0) is 53.0 Å². The molecule has 5 nitrogen and oxygen atoms in total. The van der Waals surface area contributed by atoms with Crippen LogP contribution in [-0.4, -0.2) is 68.7 Å². The van der Waals surface area contributed by atoms with Crippen LogP contribution in [0.1, 0.15) is 32.1 Å². The summed E-state index contributed by atoms with van der Waals surface area (Å²) in [7, 11) is 4.17. The fourth-order valence-corrected chi connectivity index (χ4v) is 2.61. The minimum Gasteiger partial charge on any atom is -0.470 e. The predicted octanol–water partition coefficient (Wildman–Crippen LogP) is 1.54. The summed E-state index contributed by atoms with van der Waals surface area (Å²) in [6, 6.07) is 0. The Morgan fingerprint density at radius 1 is 1.26 bits per heavy atom. The normalized spacial score (nSPS) is 24.8. The highest BCUT2D eigenvalue weighted by Gasteiger charge is 2.22. The van der Waals surface area contributed by atoms with Gasteiger partial charge in [0.2, 0.25) is 5.90 Å². The van der Waals surface area contributed by atoms with Crippen molar-refractivity contribution in [2.24, 2.45) is 5.16 Å². The lowest BCUT2D eigenvalue weighted by atomic mass is 10.1. The lowest BCUT2D eigenvalue weighted by molar-refractivity contribution is -0.0118. The summed E-state index contributed by atoms with van der Waals surface area (Å²) in [5.41, 5.74) is 0. The zero-order valence-electron chi connectivity index (χ0n) is 12.3. The second-order valence-corrected chi connectivity index (χ2v) is 5.79. The van der Waals surface area contributed by atoms with Crippen LogP contribution < -0.4 is 0 Å². The summed E-state index contributed by atoms with van der Waals surface area (Å²) in [6.45, 7) is 5.03. The number of hydrogen-bond donors (Lipinski definition) is 0. The molecule has 0 bridgehead atoms. The Hall–Kier alpha value is -0.810. The molecule has 1 saturated heterocycles. The van der Waals surface area contributed by atoms with E-state index in [1.54, 1.807) is 0 Å². The van der Waals surface area contributed by atoms with Crippen LogP contribution in [0.4, 0.5) is 0 Å². The molecule has 0 radical (unpaired) electrons. The molecule has 2 aliphatic heterocycles. The van der Waals surface area contributed by atoms with Crippen molar-refractivity contribution in [2.45, 2.75) is 38.2 Å². The highest BCUT2D eigenvalue weighted by Crippen LogP contribution is 2.13. The van der Waals surface area contributed by atoms with Gasteiger partial charge in [0.15, 0.2) is 6.61 Å². The topological polar surface area (TPSA) is 37.3 Å². The second-order valence-electron chi connectivity index (χ2n) is 5.79. The SMILES string of the molecule is CN(C)CCCC1=NOCC(CN2CCCCC2)O1. The van der Waals surface area contributed by atoms with Crippen molar-refractivity contribution in [2.75, 3.05) is 46.9 Å². The molecule has 110 valence electrons. The first kappa shape index (κ1) is 14.6. The van der Waals surface area contributed by atoms with Crippen LogP contribution in [0.5, 0.6) is 0 Å². The van der Waals surface area contributed by atoms with E-state index in [1.165, 1.54) is 32.4 Å². The molecule has 0 spiro atoms. The Kier molecular flexibility index (Phi) is 5.92. The molecule has 19 heavy (non-hydrogen) atoms. The summed E-state index contributed by atoms with van der Waals surface area (Å²) >= 11 is 0. The number of oxime groups is 1. The van der Waals surface area contributed by atoms with Gasteiger partial charge in [-0.25, -0.2) is 0 Å². The van der Waals surface area contributed by atoms with E-state index in [-0.39, 0.29) is 6.10 Å². The summed E-state index contributed by atoms with van der Waals surface area (Å²) in [5, 5.41) is 4.03. The van der Waals surface area contributed by atoms with Gasteiger partial charge >= 0.3 is 0 Å². The first-order chi connectivity index (χ1) is 9.24. The molecule has 0 aromatic rings. The second kappa shape index (κ2) is 7.70. The van der Waals surface area contributed by atoms with Crippen molar-refractivity contribution in [3.63, 3.8) is 0 Å². The molecule has 0 saturated carbocycles. The van der Waals surface area contributed by atoms with Crippen LogP contribution in [0.3, 0.4) is 0 Å². The van der Waals surface area contributed by atoms with Gasteiger partial charge in [-0.15, -0.1) is 0 Å². The van der Waals surface area contributed by atoms with Gasteiger partial charge in [0.25, 0.3) is 0 Å². The van der Waals surface area contributed by atoms with Gasteiger partial charge in [-0.1, -0.05) is 11.6 Å². The fourth-order valence-electron chi connectivity index (χ4n) is 2.61. The molecule has 1 atom stereocenters. The molecule has 1 fully saturated rings. The number of hydrogen-bond acceptors (Lipinski definition) is 5. The number of nitrogens with zero attached hydrogens (tertiary/aromatic N) is 3. The van der Waals surface area contributed by atoms with E-state index in [9.17, 15) is 0 Å². The molecule has 2 rings (SSSR count).